The molecule has 0 heterocycles. The molecule has 0 radical (unpaired) electrons. The van der Waals surface area contributed by atoms with Crippen LogP contribution in [0.25, 0.3) is 0 Å². The number of rotatable bonds is 10. The Morgan fingerprint density at radius 1 is 1.11 bits per heavy atom. The first-order valence-corrected chi connectivity index (χ1v) is 8.14. The van der Waals surface area contributed by atoms with E-state index >= 15 is 0 Å². The predicted molar refractivity (Wildman–Crippen MR) is 85.8 cm³/mol. The molecule has 1 atom stereocenters. The van der Waals surface area contributed by atoms with Gasteiger partial charge in [0.2, 0.25) is 0 Å². The second-order valence-electron chi connectivity index (χ2n) is 4.95. The van der Waals surface area contributed by atoms with Crippen molar-refractivity contribution in [3.05, 3.63) is 28.7 Å². The average molecular weight is 328 g/mol. The summed E-state index contributed by atoms with van der Waals surface area (Å²) in [5, 5.41) is 3.51. The number of ether oxygens (including phenoxy) is 1. The van der Waals surface area contributed by atoms with Gasteiger partial charge in [-0.15, -0.1) is 0 Å². The van der Waals surface area contributed by atoms with Crippen LogP contribution >= 0.6 is 15.9 Å². The summed E-state index contributed by atoms with van der Waals surface area (Å²) in [5.41, 5.74) is 0. The Bertz CT molecular complexity index is 326. The zero-order valence-corrected chi connectivity index (χ0v) is 13.7. The smallest absolute Gasteiger partial charge is 0.119 e. The maximum absolute atomic E-state index is 5.80. The number of benzene rings is 1. The molecule has 3 heteroatoms. The van der Waals surface area contributed by atoms with Crippen LogP contribution in [0.5, 0.6) is 5.75 Å². The molecule has 1 unspecified atom stereocenters. The van der Waals surface area contributed by atoms with Gasteiger partial charge in [-0.3, -0.25) is 0 Å². The van der Waals surface area contributed by atoms with Gasteiger partial charge in [-0.2, -0.15) is 0 Å². The van der Waals surface area contributed by atoms with Gasteiger partial charge in [-0.05, 0) is 62.5 Å². The van der Waals surface area contributed by atoms with Crippen molar-refractivity contribution in [2.75, 3.05) is 19.7 Å². The molecule has 0 saturated heterocycles. The van der Waals surface area contributed by atoms with Crippen LogP contribution in [0.4, 0.5) is 0 Å². The summed E-state index contributed by atoms with van der Waals surface area (Å²) in [6, 6.07) is 8.05. The molecule has 108 valence electrons. The molecule has 19 heavy (non-hydrogen) atoms. The van der Waals surface area contributed by atoms with Gasteiger partial charge in [0.25, 0.3) is 0 Å². The van der Waals surface area contributed by atoms with Crippen molar-refractivity contribution < 1.29 is 4.74 Å². The minimum absolute atomic E-state index is 0.729. The quantitative estimate of drug-likeness (QED) is 0.632. The monoisotopic (exact) mass is 327 g/mol. The number of halogens is 1. The second-order valence-corrected chi connectivity index (χ2v) is 5.87. The predicted octanol–water partition coefficient (Wildman–Crippen LogP) is 4.63. The molecule has 0 spiro atoms. The van der Waals surface area contributed by atoms with Crippen LogP contribution in [0.2, 0.25) is 0 Å². The summed E-state index contributed by atoms with van der Waals surface area (Å²) < 4.78 is 6.89. The van der Waals surface area contributed by atoms with Crippen LogP contribution in [-0.2, 0) is 0 Å². The topological polar surface area (TPSA) is 21.3 Å². The third-order valence-electron chi connectivity index (χ3n) is 3.17. The third kappa shape index (κ3) is 7.58. The molecule has 0 aromatic heterocycles. The van der Waals surface area contributed by atoms with Crippen molar-refractivity contribution in [2.45, 2.75) is 39.5 Å². The van der Waals surface area contributed by atoms with Crippen LogP contribution < -0.4 is 10.1 Å². The van der Waals surface area contributed by atoms with E-state index < -0.39 is 0 Å². The Kier molecular flexibility index (Phi) is 8.93. The first-order valence-electron chi connectivity index (χ1n) is 7.35. The Hall–Kier alpha value is -0.540. The maximum atomic E-state index is 5.80. The van der Waals surface area contributed by atoms with Crippen LogP contribution in [0, 0.1) is 5.92 Å². The molecule has 0 saturated carbocycles. The molecule has 0 fully saturated rings. The zero-order valence-electron chi connectivity index (χ0n) is 12.1. The molecule has 2 nitrogen and oxygen atoms in total. The molecule has 1 rings (SSSR count). The summed E-state index contributed by atoms with van der Waals surface area (Å²) in [7, 11) is 0. The van der Waals surface area contributed by atoms with Crippen LogP contribution in [-0.4, -0.2) is 19.7 Å². The van der Waals surface area contributed by atoms with E-state index in [1.807, 2.05) is 24.3 Å². The van der Waals surface area contributed by atoms with Crippen molar-refractivity contribution in [1.82, 2.24) is 5.32 Å². The van der Waals surface area contributed by atoms with Gasteiger partial charge in [0.05, 0.1) is 6.61 Å². The Morgan fingerprint density at radius 2 is 1.84 bits per heavy atom. The number of hydrogen-bond acceptors (Lipinski definition) is 2. The van der Waals surface area contributed by atoms with Crippen molar-refractivity contribution in [3.8, 4) is 5.75 Å². The molecule has 1 N–H and O–H groups in total. The average Bonchev–Trinajstić information content (AvgIpc) is 2.41. The lowest BCUT2D eigenvalue weighted by atomic mass is 10.0. The summed E-state index contributed by atoms with van der Waals surface area (Å²) in [6.45, 7) is 7.50. The van der Waals surface area contributed by atoms with E-state index in [-0.39, 0.29) is 0 Å². The molecule has 1 aromatic rings. The van der Waals surface area contributed by atoms with Crippen molar-refractivity contribution in [3.63, 3.8) is 0 Å². The van der Waals surface area contributed by atoms with Gasteiger partial charge in [0.15, 0.2) is 0 Å². The highest BCUT2D eigenvalue weighted by Gasteiger charge is 2.07. The normalized spacial score (nSPS) is 12.4. The second kappa shape index (κ2) is 10.3. The molecule has 1 aromatic carbocycles. The number of nitrogens with one attached hydrogen (secondary N) is 1. The Morgan fingerprint density at radius 3 is 2.47 bits per heavy atom. The fourth-order valence-electron chi connectivity index (χ4n) is 2.11. The first-order chi connectivity index (χ1) is 9.26. The van der Waals surface area contributed by atoms with Gasteiger partial charge in [0, 0.05) is 4.47 Å². The summed E-state index contributed by atoms with van der Waals surface area (Å²) in [4.78, 5) is 0. The van der Waals surface area contributed by atoms with Gasteiger partial charge in [-0.1, -0.05) is 36.2 Å². The minimum atomic E-state index is 0.729. The fraction of sp³-hybridized carbons (Fsp3) is 0.625. The Balaban J connectivity index is 2.24. The third-order valence-corrected chi connectivity index (χ3v) is 3.69. The van der Waals surface area contributed by atoms with E-state index in [0.29, 0.717) is 0 Å². The van der Waals surface area contributed by atoms with E-state index in [1.165, 1.54) is 19.3 Å². The lowest BCUT2D eigenvalue weighted by molar-refractivity contribution is 0.267. The van der Waals surface area contributed by atoms with Gasteiger partial charge < -0.3 is 10.1 Å². The molecule has 0 aliphatic carbocycles. The van der Waals surface area contributed by atoms with Gasteiger partial charge in [-0.25, -0.2) is 0 Å². The zero-order chi connectivity index (χ0) is 13.9. The summed E-state index contributed by atoms with van der Waals surface area (Å²) >= 11 is 3.43. The van der Waals surface area contributed by atoms with E-state index in [4.69, 9.17) is 4.74 Å². The van der Waals surface area contributed by atoms with E-state index in [0.717, 1.165) is 42.3 Å². The standard InChI is InChI=1S/C16H26BrNO/c1-3-5-14(13-18-11-4-2)10-12-19-16-8-6-15(17)7-9-16/h6-9,14,18H,3-5,10-13H2,1-2H3. The Labute approximate surface area is 126 Å². The SMILES string of the molecule is CCCNCC(CCC)CCOc1ccc(Br)cc1. The van der Waals surface area contributed by atoms with Crippen molar-refractivity contribution in [1.29, 1.82) is 0 Å². The highest BCUT2D eigenvalue weighted by Crippen LogP contribution is 2.17. The fourth-order valence-corrected chi connectivity index (χ4v) is 2.38. The molecular formula is C16H26BrNO. The van der Waals surface area contributed by atoms with Gasteiger partial charge in [0.1, 0.15) is 5.75 Å². The molecular weight excluding hydrogens is 302 g/mol. The van der Waals surface area contributed by atoms with Crippen LogP contribution in [0.15, 0.2) is 28.7 Å². The highest BCUT2D eigenvalue weighted by atomic mass is 79.9. The molecule has 0 aliphatic rings. The highest BCUT2D eigenvalue weighted by molar-refractivity contribution is 9.10. The summed E-state index contributed by atoms with van der Waals surface area (Å²) in [5.74, 6) is 1.69. The maximum Gasteiger partial charge on any atom is 0.119 e. The first kappa shape index (κ1) is 16.5. The van der Waals surface area contributed by atoms with Crippen LogP contribution in [0.1, 0.15) is 39.5 Å². The molecule has 0 amide bonds. The van der Waals surface area contributed by atoms with Gasteiger partial charge >= 0.3 is 0 Å². The lowest BCUT2D eigenvalue weighted by Crippen LogP contribution is -2.24. The minimum Gasteiger partial charge on any atom is -0.494 e. The van der Waals surface area contributed by atoms with E-state index in [9.17, 15) is 0 Å². The van der Waals surface area contributed by atoms with E-state index in [1.54, 1.807) is 0 Å². The van der Waals surface area contributed by atoms with E-state index in [2.05, 4.69) is 35.1 Å². The largest absolute Gasteiger partial charge is 0.494 e. The van der Waals surface area contributed by atoms with Crippen molar-refractivity contribution in [2.24, 2.45) is 5.92 Å². The van der Waals surface area contributed by atoms with Crippen LogP contribution in [0.3, 0.4) is 0 Å². The lowest BCUT2D eigenvalue weighted by Gasteiger charge is -2.17. The summed E-state index contributed by atoms with van der Waals surface area (Å²) in [6.07, 6.45) is 4.85. The number of hydrogen-bond donors (Lipinski definition) is 1. The van der Waals surface area contributed by atoms with Crippen molar-refractivity contribution >= 4 is 15.9 Å². The molecule has 0 bridgehead atoms. The molecule has 0 aliphatic heterocycles.